The first kappa shape index (κ1) is 17.6. The average molecular weight is 372 g/mol. The molecule has 2 atom stereocenters. The first-order valence-corrected chi connectivity index (χ1v) is 9.08. The van der Waals surface area contributed by atoms with Crippen molar-refractivity contribution in [1.29, 1.82) is 0 Å². The number of halogens is 1. The van der Waals surface area contributed by atoms with E-state index in [1.807, 2.05) is 0 Å². The number of hydrogen-bond donors (Lipinski definition) is 1. The fourth-order valence-electron chi connectivity index (χ4n) is 4.41. The minimum absolute atomic E-state index is 0.00789. The molecule has 0 radical (unpaired) electrons. The van der Waals surface area contributed by atoms with E-state index >= 15 is 0 Å². The highest BCUT2D eigenvalue weighted by molar-refractivity contribution is 5.94. The van der Waals surface area contributed by atoms with E-state index < -0.39 is 11.4 Å². The van der Waals surface area contributed by atoms with E-state index in [1.165, 1.54) is 12.1 Å². The van der Waals surface area contributed by atoms with Gasteiger partial charge in [-0.3, -0.25) is 9.59 Å². The predicted molar refractivity (Wildman–Crippen MR) is 93.6 cm³/mol. The van der Waals surface area contributed by atoms with Crippen molar-refractivity contribution in [3.8, 4) is 0 Å². The molecule has 1 aromatic carbocycles. The van der Waals surface area contributed by atoms with E-state index in [4.69, 9.17) is 0 Å². The molecule has 1 N–H and O–H groups in total. The monoisotopic (exact) mass is 372 g/mol. The number of carbonyl (C=O) groups is 2. The Morgan fingerprint density at radius 2 is 2.07 bits per heavy atom. The van der Waals surface area contributed by atoms with E-state index in [-0.39, 0.29) is 29.9 Å². The van der Waals surface area contributed by atoms with Gasteiger partial charge in [0.05, 0.1) is 17.7 Å². The molecular formula is C19H21FN4O3. The van der Waals surface area contributed by atoms with Crippen molar-refractivity contribution in [3.05, 3.63) is 47.0 Å². The van der Waals surface area contributed by atoms with Crippen molar-refractivity contribution in [2.45, 2.75) is 32.7 Å². The van der Waals surface area contributed by atoms with Gasteiger partial charge in [-0.05, 0) is 43.4 Å². The van der Waals surface area contributed by atoms with Crippen LogP contribution in [0.5, 0.6) is 0 Å². The SMILES string of the molecule is Cc1c(C(=O)N2C[C@@H]3CCC[C@@]3(C(=O)O)C2)nnn1Cc1ccc(F)cc1. The van der Waals surface area contributed by atoms with Gasteiger partial charge in [-0.1, -0.05) is 23.8 Å². The topological polar surface area (TPSA) is 88.3 Å². The quantitative estimate of drug-likeness (QED) is 0.888. The lowest BCUT2D eigenvalue weighted by Crippen LogP contribution is -2.37. The third-order valence-electron chi connectivity index (χ3n) is 6.01. The van der Waals surface area contributed by atoms with Crippen LogP contribution in [0, 0.1) is 24.1 Å². The summed E-state index contributed by atoms with van der Waals surface area (Å²) in [5.41, 5.74) is 0.903. The summed E-state index contributed by atoms with van der Waals surface area (Å²) < 4.78 is 14.6. The molecule has 1 aromatic heterocycles. The number of carboxylic acid groups (broad SMARTS) is 1. The van der Waals surface area contributed by atoms with Crippen LogP contribution in [0.3, 0.4) is 0 Å². The fourth-order valence-corrected chi connectivity index (χ4v) is 4.41. The summed E-state index contributed by atoms with van der Waals surface area (Å²) in [4.78, 5) is 26.4. The van der Waals surface area contributed by atoms with Gasteiger partial charge in [0.2, 0.25) is 0 Å². The number of hydrogen-bond acceptors (Lipinski definition) is 4. The molecule has 2 fully saturated rings. The van der Waals surface area contributed by atoms with Gasteiger partial charge in [-0.2, -0.15) is 0 Å². The Hall–Kier alpha value is -2.77. The highest BCUT2D eigenvalue weighted by Gasteiger charge is 2.56. The number of benzene rings is 1. The molecule has 1 aliphatic carbocycles. The van der Waals surface area contributed by atoms with Crippen molar-refractivity contribution in [2.24, 2.45) is 11.3 Å². The van der Waals surface area contributed by atoms with Gasteiger partial charge in [0.25, 0.3) is 5.91 Å². The Bertz CT molecular complexity index is 895. The molecule has 2 aliphatic rings. The lowest BCUT2D eigenvalue weighted by molar-refractivity contribution is -0.149. The van der Waals surface area contributed by atoms with E-state index in [1.54, 1.807) is 28.6 Å². The van der Waals surface area contributed by atoms with Crippen LogP contribution in [0.15, 0.2) is 24.3 Å². The van der Waals surface area contributed by atoms with Gasteiger partial charge in [-0.25, -0.2) is 9.07 Å². The van der Waals surface area contributed by atoms with Crippen molar-refractivity contribution in [3.63, 3.8) is 0 Å². The molecular weight excluding hydrogens is 351 g/mol. The Balaban J connectivity index is 1.53. The first-order chi connectivity index (χ1) is 12.9. The molecule has 7 nitrogen and oxygen atoms in total. The normalized spacial score (nSPS) is 24.2. The van der Waals surface area contributed by atoms with Gasteiger partial charge in [0.15, 0.2) is 5.69 Å². The molecule has 2 heterocycles. The van der Waals surface area contributed by atoms with Crippen LogP contribution in [0.1, 0.15) is 41.0 Å². The van der Waals surface area contributed by atoms with E-state index in [2.05, 4.69) is 10.3 Å². The molecule has 0 spiro atoms. The molecule has 27 heavy (non-hydrogen) atoms. The van der Waals surface area contributed by atoms with Crippen molar-refractivity contribution < 1.29 is 19.1 Å². The summed E-state index contributed by atoms with van der Waals surface area (Å²) >= 11 is 0. The summed E-state index contributed by atoms with van der Waals surface area (Å²) in [6, 6.07) is 6.08. The highest BCUT2D eigenvalue weighted by Crippen LogP contribution is 2.49. The molecule has 1 amide bonds. The van der Waals surface area contributed by atoms with Gasteiger partial charge in [-0.15, -0.1) is 5.10 Å². The van der Waals surface area contributed by atoms with E-state index in [9.17, 15) is 19.1 Å². The first-order valence-electron chi connectivity index (χ1n) is 9.08. The summed E-state index contributed by atoms with van der Waals surface area (Å²) in [6.45, 7) is 2.83. The summed E-state index contributed by atoms with van der Waals surface area (Å²) in [6.07, 6.45) is 2.35. The maximum atomic E-state index is 13.0. The average Bonchev–Trinajstić information content (AvgIpc) is 3.30. The maximum absolute atomic E-state index is 13.0. The maximum Gasteiger partial charge on any atom is 0.311 e. The summed E-state index contributed by atoms with van der Waals surface area (Å²) in [5, 5.41) is 17.8. The summed E-state index contributed by atoms with van der Waals surface area (Å²) in [5.74, 6) is -1.38. The van der Waals surface area contributed by atoms with Crippen LogP contribution in [0.2, 0.25) is 0 Å². The standard InChI is InChI=1S/C19H21FN4O3/c1-12-16(21-22-24(12)9-13-4-6-15(20)7-5-13)17(25)23-10-14-3-2-8-19(14,11-23)18(26)27/h4-7,14H,2-3,8-11H2,1H3,(H,26,27)/t14-,19+/m0/s1. The number of amides is 1. The van der Waals surface area contributed by atoms with Crippen molar-refractivity contribution in [2.75, 3.05) is 13.1 Å². The molecule has 0 bridgehead atoms. The smallest absolute Gasteiger partial charge is 0.311 e. The molecule has 0 unspecified atom stereocenters. The highest BCUT2D eigenvalue weighted by atomic mass is 19.1. The van der Waals surface area contributed by atoms with Crippen LogP contribution in [0.25, 0.3) is 0 Å². The lowest BCUT2D eigenvalue weighted by Gasteiger charge is -2.23. The number of aromatic nitrogens is 3. The van der Waals surface area contributed by atoms with Crippen molar-refractivity contribution >= 4 is 11.9 Å². The van der Waals surface area contributed by atoms with Gasteiger partial charge < -0.3 is 10.0 Å². The number of likely N-dealkylation sites (tertiary alicyclic amines) is 1. The Labute approximate surface area is 155 Å². The number of carbonyl (C=O) groups excluding carboxylic acids is 1. The zero-order valence-corrected chi connectivity index (χ0v) is 15.1. The van der Waals surface area contributed by atoms with E-state index in [0.29, 0.717) is 25.2 Å². The molecule has 1 aliphatic heterocycles. The third-order valence-corrected chi connectivity index (χ3v) is 6.01. The molecule has 1 saturated carbocycles. The van der Waals surface area contributed by atoms with Gasteiger partial charge in [0.1, 0.15) is 5.82 Å². The molecule has 142 valence electrons. The second-order valence-electron chi connectivity index (χ2n) is 7.54. The zero-order valence-electron chi connectivity index (χ0n) is 15.1. The number of carboxylic acids is 1. The minimum Gasteiger partial charge on any atom is -0.481 e. The van der Waals surface area contributed by atoms with Crippen LogP contribution < -0.4 is 0 Å². The molecule has 4 rings (SSSR count). The number of nitrogens with zero attached hydrogens (tertiary/aromatic N) is 4. The second kappa shape index (κ2) is 6.44. The van der Waals surface area contributed by atoms with Crippen molar-refractivity contribution in [1.82, 2.24) is 19.9 Å². The molecule has 2 aromatic rings. The van der Waals surface area contributed by atoms with Crippen LogP contribution in [-0.2, 0) is 11.3 Å². The Morgan fingerprint density at radius 3 is 2.74 bits per heavy atom. The predicted octanol–water partition coefficient (Wildman–Crippen LogP) is 2.10. The van der Waals surface area contributed by atoms with Crippen LogP contribution in [0.4, 0.5) is 4.39 Å². The van der Waals surface area contributed by atoms with E-state index in [0.717, 1.165) is 18.4 Å². The van der Waals surface area contributed by atoms with Crippen LogP contribution in [-0.4, -0.2) is 50.0 Å². The lowest BCUT2D eigenvalue weighted by atomic mass is 9.81. The largest absolute Gasteiger partial charge is 0.481 e. The number of fused-ring (bicyclic) bond motifs is 1. The number of rotatable bonds is 4. The fraction of sp³-hybridized carbons (Fsp3) is 0.474. The minimum atomic E-state index is -0.812. The third kappa shape index (κ3) is 2.89. The second-order valence-corrected chi connectivity index (χ2v) is 7.54. The Morgan fingerprint density at radius 1 is 1.33 bits per heavy atom. The Kier molecular flexibility index (Phi) is 4.20. The molecule has 1 saturated heterocycles. The number of aliphatic carboxylic acids is 1. The van der Waals surface area contributed by atoms with Gasteiger partial charge in [0, 0.05) is 13.1 Å². The molecule has 8 heteroatoms. The zero-order chi connectivity index (χ0) is 19.2. The van der Waals surface area contributed by atoms with Gasteiger partial charge >= 0.3 is 5.97 Å². The summed E-state index contributed by atoms with van der Waals surface area (Å²) in [7, 11) is 0. The van der Waals surface area contributed by atoms with Crippen LogP contribution >= 0.6 is 0 Å².